The van der Waals surface area contributed by atoms with Crippen molar-refractivity contribution >= 4 is 28.4 Å². The Labute approximate surface area is 186 Å². The van der Waals surface area contributed by atoms with Crippen molar-refractivity contribution in [3.05, 3.63) is 70.4 Å². The molecule has 1 aromatic heterocycles. The third kappa shape index (κ3) is 4.21. The first kappa shape index (κ1) is 20.5. The van der Waals surface area contributed by atoms with Gasteiger partial charge in [0.2, 0.25) is 0 Å². The van der Waals surface area contributed by atoms with E-state index in [0.29, 0.717) is 23.9 Å². The van der Waals surface area contributed by atoms with Crippen molar-refractivity contribution in [2.24, 2.45) is 0 Å². The lowest BCUT2D eigenvalue weighted by atomic mass is 10.1. The number of ether oxygens (including phenoxy) is 2. The SMILES string of the molecule is CC1(C)OC[C@@H](CN[C@@H]2c3ccccc3C[C@H]2NC(=O)c2cc3cc(Cl)ccc3[nH]2)O1. The maximum atomic E-state index is 13.0. The van der Waals surface area contributed by atoms with E-state index in [-0.39, 0.29) is 24.1 Å². The van der Waals surface area contributed by atoms with Gasteiger partial charge in [-0.1, -0.05) is 35.9 Å². The molecule has 5 rings (SSSR count). The van der Waals surface area contributed by atoms with Gasteiger partial charge in [0.15, 0.2) is 5.79 Å². The number of carbonyl (C=O) groups is 1. The van der Waals surface area contributed by atoms with Crippen LogP contribution in [0.15, 0.2) is 48.5 Å². The zero-order valence-corrected chi connectivity index (χ0v) is 18.3. The highest BCUT2D eigenvalue weighted by molar-refractivity contribution is 6.31. The summed E-state index contributed by atoms with van der Waals surface area (Å²) in [5, 5.41) is 8.40. The Morgan fingerprint density at radius 2 is 2.06 bits per heavy atom. The molecule has 6 nitrogen and oxygen atoms in total. The molecule has 0 unspecified atom stereocenters. The molecule has 0 saturated carbocycles. The maximum Gasteiger partial charge on any atom is 0.268 e. The number of amides is 1. The number of H-pyrrole nitrogens is 1. The van der Waals surface area contributed by atoms with Gasteiger partial charge in [-0.3, -0.25) is 4.79 Å². The molecular weight excluding hydrogens is 414 g/mol. The number of halogens is 1. The number of hydrogen-bond acceptors (Lipinski definition) is 4. The predicted octanol–water partition coefficient (Wildman–Crippen LogP) is 3.96. The number of hydrogen-bond donors (Lipinski definition) is 3. The second kappa shape index (κ2) is 7.95. The fourth-order valence-corrected chi connectivity index (χ4v) is 4.76. The average Bonchev–Trinajstić information content (AvgIpc) is 3.40. The molecule has 2 aliphatic rings. The number of aromatic amines is 1. The molecule has 1 aliphatic heterocycles. The summed E-state index contributed by atoms with van der Waals surface area (Å²) in [4.78, 5) is 16.2. The van der Waals surface area contributed by atoms with E-state index in [0.717, 1.165) is 17.3 Å². The molecule has 1 aliphatic carbocycles. The molecule has 1 amide bonds. The van der Waals surface area contributed by atoms with Gasteiger partial charge in [-0.15, -0.1) is 0 Å². The quantitative estimate of drug-likeness (QED) is 0.562. The molecule has 162 valence electrons. The molecule has 2 aromatic carbocycles. The standard InChI is InChI=1S/C24H26ClN3O3/c1-24(2)30-13-17(31-24)12-26-22-18-6-4-3-5-14(18)10-20(22)28-23(29)21-11-15-9-16(25)7-8-19(15)27-21/h3-9,11,17,20,22,26-27H,10,12-13H2,1-2H3,(H,28,29)/t17-,20-,22-/m1/s1. The van der Waals surface area contributed by atoms with Gasteiger partial charge >= 0.3 is 0 Å². The van der Waals surface area contributed by atoms with Gasteiger partial charge in [0, 0.05) is 22.5 Å². The summed E-state index contributed by atoms with van der Waals surface area (Å²) >= 11 is 6.08. The van der Waals surface area contributed by atoms with Crippen LogP contribution >= 0.6 is 11.6 Å². The van der Waals surface area contributed by atoms with Gasteiger partial charge in [-0.05, 0) is 55.7 Å². The molecule has 3 N–H and O–H groups in total. The molecular formula is C24H26ClN3O3. The van der Waals surface area contributed by atoms with Crippen LogP contribution in [0.3, 0.4) is 0 Å². The normalized spacial score (nSPS) is 24.4. The van der Waals surface area contributed by atoms with Crippen LogP contribution in [0.1, 0.15) is 41.5 Å². The number of rotatable bonds is 5. The Kier molecular flexibility index (Phi) is 5.26. The molecule has 1 fully saturated rings. The van der Waals surface area contributed by atoms with E-state index in [1.165, 1.54) is 11.1 Å². The van der Waals surface area contributed by atoms with Gasteiger partial charge in [0.25, 0.3) is 5.91 Å². The fourth-order valence-electron chi connectivity index (χ4n) is 4.58. The summed E-state index contributed by atoms with van der Waals surface area (Å²) in [5.41, 5.74) is 3.88. The Bertz CT molecular complexity index is 1130. The molecule has 0 spiro atoms. The third-order valence-electron chi connectivity index (χ3n) is 6.01. The minimum Gasteiger partial charge on any atom is -0.351 e. The van der Waals surface area contributed by atoms with E-state index in [1.807, 2.05) is 50.2 Å². The lowest BCUT2D eigenvalue weighted by Gasteiger charge is -2.25. The van der Waals surface area contributed by atoms with Crippen LogP contribution in [-0.4, -0.2) is 42.0 Å². The van der Waals surface area contributed by atoms with Gasteiger partial charge in [0.05, 0.1) is 24.8 Å². The van der Waals surface area contributed by atoms with Crippen molar-refractivity contribution in [3.63, 3.8) is 0 Å². The average molecular weight is 440 g/mol. The Hall–Kier alpha value is -2.38. The van der Waals surface area contributed by atoms with Gasteiger partial charge in [-0.25, -0.2) is 0 Å². The molecule has 31 heavy (non-hydrogen) atoms. The summed E-state index contributed by atoms with van der Waals surface area (Å²) in [6.07, 6.45) is 0.761. The van der Waals surface area contributed by atoms with Gasteiger partial charge < -0.3 is 25.1 Å². The molecule has 0 radical (unpaired) electrons. The fraction of sp³-hybridized carbons (Fsp3) is 0.375. The van der Waals surface area contributed by atoms with Crippen molar-refractivity contribution in [2.45, 2.75) is 44.2 Å². The van der Waals surface area contributed by atoms with E-state index < -0.39 is 5.79 Å². The summed E-state index contributed by atoms with van der Waals surface area (Å²) < 4.78 is 11.6. The van der Waals surface area contributed by atoms with Crippen LogP contribution in [0.4, 0.5) is 0 Å². The highest BCUT2D eigenvalue weighted by Gasteiger charge is 2.36. The highest BCUT2D eigenvalue weighted by Crippen LogP contribution is 2.32. The molecule has 3 aromatic rings. The first-order valence-electron chi connectivity index (χ1n) is 10.6. The van der Waals surface area contributed by atoms with Gasteiger partial charge in [-0.2, -0.15) is 0 Å². The lowest BCUT2D eigenvalue weighted by molar-refractivity contribution is -0.137. The second-order valence-electron chi connectivity index (χ2n) is 8.73. The number of nitrogens with one attached hydrogen (secondary N) is 3. The number of benzene rings is 2. The Balaban J connectivity index is 1.32. The van der Waals surface area contributed by atoms with Crippen LogP contribution in [0, 0.1) is 0 Å². The summed E-state index contributed by atoms with van der Waals surface area (Å²) in [6, 6.07) is 15.7. The van der Waals surface area contributed by atoms with E-state index in [9.17, 15) is 4.79 Å². The van der Waals surface area contributed by atoms with Crippen molar-refractivity contribution in [3.8, 4) is 0 Å². The number of carbonyl (C=O) groups excluding carboxylic acids is 1. The third-order valence-corrected chi connectivity index (χ3v) is 6.24. The topological polar surface area (TPSA) is 75.4 Å². The van der Waals surface area contributed by atoms with Crippen LogP contribution in [0.25, 0.3) is 10.9 Å². The van der Waals surface area contributed by atoms with Gasteiger partial charge in [0.1, 0.15) is 5.69 Å². The van der Waals surface area contributed by atoms with E-state index >= 15 is 0 Å². The van der Waals surface area contributed by atoms with Crippen LogP contribution in [0.2, 0.25) is 5.02 Å². The first-order chi connectivity index (χ1) is 14.9. The summed E-state index contributed by atoms with van der Waals surface area (Å²) in [6.45, 7) is 5.06. The first-order valence-corrected chi connectivity index (χ1v) is 11.0. The van der Waals surface area contributed by atoms with E-state index in [2.05, 4.69) is 27.8 Å². The second-order valence-corrected chi connectivity index (χ2v) is 9.17. The van der Waals surface area contributed by atoms with Crippen molar-refractivity contribution in [2.75, 3.05) is 13.2 Å². The Morgan fingerprint density at radius 1 is 1.23 bits per heavy atom. The molecule has 0 bridgehead atoms. The zero-order chi connectivity index (χ0) is 21.6. The van der Waals surface area contributed by atoms with E-state index in [1.54, 1.807) is 0 Å². The van der Waals surface area contributed by atoms with E-state index in [4.69, 9.17) is 21.1 Å². The largest absolute Gasteiger partial charge is 0.351 e. The molecule has 2 heterocycles. The van der Waals surface area contributed by atoms with Crippen LogP contribution < -0.4 is 10.6 Å². The highest BCUT2D eigenvalue weighted by atomic mass is 35.5. The van der Waals surface area contributed by atoms with Crippen molar-refractivity contribution < 1.29 is 14.3 Å². The van der Waals surface area contributed by atoms with Crippen molar-refractivity contribution in [1.29, 1.82) is 0 Å². The minimum atomic E-state index is -0.550. The predicted molar refractivity (Wildman–Crippen MR) is 120 cm³/mol. The van der Waals surface area contributed by atoms with Crippen LogP contribution in [-0.2, 0) is 15.9 Å². The molecule has 3 atom stereocenters. The monoisotopic (exact) mass is 439 g/mol. The minimum absolute atomic E-state index is 0.00582. The maximum absolute atomic E-state index is 13.0. The lowest BCUT2D eigenvalue weighted by Crippen LogP contribution is -2.44. The smallest absolute Gasteiger partial charge is 0.268 e. The van der Waals surface area contributed by atoms with Crippen LogP contribution in [0.5, 0.6) is 0 Å². The van der Waals surface area contributed by atoms with Crippen molar-refractivity contribution in [1.82, 2.24) is 15.6 Å². The Morgan fingerprint density at radius 3 is 2.87 bits per heavy atom. The molecule has 7 heteroatoms. The summed E-state index contributed by atoms with van der Waals surface area (Å²) in [5.74, 6) is -0.676. The number of fused-ring (bicyclic) bond motifs is 2. The molecule has 1 saturated heterocycles. The zero-order valence-electron chi connectivity index (χ0n) is 17.6. The summed E-state index contributed by atoms with van der Waals surface area (Å²) in [7, 11) is 0. The number of aromatic nitrogens is 1.